The number of likely N-dealkylation sites (N-methyl/N-ethyl adjacent to an activating group) is 1. The summed E-state index contributed by atoms with van der Waals surface area (Å²) in [6.07, 6.45) is 2.78. The molecule has 0 spiro atoms. The Hall–Kier alpha value is -2.66. The molecule has 31 heavy (non-hydrogen) atoms. The van der Waals surface area contributed by atoms with Gasteiger partial charge in [0.25, 0.3) is 0 Å². The maximum atomic E-state index is 12.8. The second-order valence-electron chi connectivity index (χ2n) is 9.28. The minimum absolute atomic E-state index is 0.0536. The number of carbonyl (C=O) groups is 2. The molecule has 5 nitrogen and oxygen atoms in total. The largest absolute Gasteiger partial charge is 0.355 e. The van der Waals surface area contributed by atoms with Crippen molar-refractivity contribution in [2.24, 2.45) is 5.92 Å². The Bertz CT molecular complexity index is 893. The van der Waals surface area contributed by atoms with E-state index in [-0.39, 0.29) is 23.8 Å². The van der Waals surface area contributed by atoms with Crippen LogP contribution in [-0.4, -0.2) is 43.4 Å². The van der Waals surface area contributed by atoms with Gasteiger partial charge in [0, 0.05) is 24.7 Å². The minimum Gasteiger partial charge on any atom is -0.355 e. The van der Waals surface area contributed by atoms with Crippen LogP contribution in [0.5, 0.6) is 0 Å². The predicted octanol–water partition coefficient (Wildman–Crippen LogP) is 3.99. The summed E-state index contributed by atoms with van der Waals surface area (Å²) in [5.41, 5.74) is 4.39. The minimum atomic E-state index is 0.0536. The molecule has 2 N–H and O–H groups in total. The third-order valence-corrected chi connectivity index (χ3v) is 5.99. The van der Waals surface area contributed by atoms with Crippen LogP contribution >= 0.6 is 0 Å². The van der Waals surface area contributed by atoms with E-state index < -0.39 is 0 Å². The van der Waals surface area contributed by atoms with E-state index in [4.69, 9.17) is 0 Å². The van der Waals surface area contributed by atoms with Gasteiger partial charge in [0.15, 0.2) is 0 Å². The highest BCUT2D eigenvalue weighted by Crippen LogP contribution is 2.27. The number of amides is 2. The maximum absolute atomic E-state index is 12.8. The predicted molar refractivity (Wildman–Crippen MR) is 126 cm³/mol. The lowest BCUT2D eigenvalue weighted by molar-refractivity contribution is -0.121. The fourth-order valence-electron chi connectivity index (χ4n) is 4.28. The van der Waals surface area contributed by atoms with Crippen molar-refractivity contribution in [1.29, 1.82) is 0 Å². The van der Waals surface area contributed by atoms with Crippen molar-refractivity contribution in [3.63, 3.8) is 0 Å². The molecule has 2 aromatic rings. The number of anilines is 1. The molecule has 3 rings (SSSR count). The standard InChI is InChI=1S/C26H35N3O2/c1-18(2)12-21(20-8-6-5-7-9-20)15-25(30)27-17-23(29(3)4)14-19-10-11-24-22(13-19)16-26(31)28-24/h5-11,13,18,21,23H,12,14-17H2,1-4H3,(H,27,30)(H,28,31)/t21-,23-/m0/s1. The van der Waals surface area contributed by atoms with Crippen LogP contribution in [0.3, 0.4) is 0 Å². The highest BCUT2D eigenvalue weighted by Gasteiger charge is 2.21. The van der Waals surface area contributed by atoms with E-state index in [1.54, 1.807) is 0 Å². The molecule has 0 radical (unpaired) electrons. The molecule has 0 saturated carbocycles. The Kier molecular flexibility index (Phi) is 7.85. The molecule has 5 heteroatoms. The fourth-order valence-corrected chi connectivity index (χ4v) is 4.28. The quantitative estimate of drug-likeness (QED) is 0.610. The number of carbonyl (C=O) groups excluding carboxylic acids is 2. The first-order valence-electron chi connectivity index (χ1n) is 11.2. The number of nitrogens with one attached hydrogen (secondary N) is 2. The zero-order valence-corrected chi connectivity index (χ0v) is 19.2. The monoisotopic (exact) mass is 421 g/mol. The van der Waals surface area contributed by atoms with E-state index in [0.29, 0.717) is 25.3 Å². The molecule has 1 aliphatic heterocycles. The molecule has 0 bridgehead atoms. The Morgan fingerprint density at radius 2 is 1.87 bits per heavy atom. The Labute approximate surface area is 186 Å². The molecule has 0 saturated heterocycles. The number of nitrogens with zero attached hydrogens (tertiary/aromatic N) is 1. The fraction of sp³-hybridized carbons (Fsp3) is 0.462. The van der Waals surface area contributed by atoms with Crippen LogP contribution in [0.25, 0.3) is 0 Å². The van der Waals surface area contributed by atoms with Gasteiger partial charge in [0.1, 0.15) is 0 Å². The van der Waals surface area contributed by atoms with Gasteiger partial charge in [-0.05, 0) is 61.5 Å². The van der Waals surface area contributed by atoms with Gasteiger partial charge in [-0.1, -0.05) is 56.3 Å². The molecule has 166 valence electrons. The van der Waals surface area contributed by atoms with Crippen molar-refractivity contribution in [1.82, 2.24) is 10.2 Å². The lowest BCUT2D eigenvalue weighted by Gasteiger charge is -2.26. The maximum Gasteiger partial charge on any atom is 0.228 e. The molecule has 2 aromatic carbocycles. The van der Waals surface area contributed by atoms with E-state index in [0.717, 1.165) is 24.1 Å². The van der Waals surface area contributed by atoms with Crippen molar-refractivity contribution >= 4 is 17.5 Å². The van der Waals surface area contributed by atoms with Crippen molar-refractivity contribution in [2.45, 2.75) is 51.5 Å². The Morgan fingerprint density at radius 1 is 1.13 bits per heavy atom. The van der Waals surface area contributed by atoms with Gasteiger partial charge < -0.3 is 15.5 Å². The van der Waals surface area contributed by atoms with Crippen molar-refractivity contribution in [3.05, 3.63) is 65.2 Å². The Balaban J connectivity index is 1.58. The molecule has 0 aliphatic carbocycles. The van der Waals surface area contributed by atoms with E-state index in [1.165, 1.54) is 11.1 Å². The van der Waals surface area contributed by atoms with Crippen LogP contribution in [-0.2, 0) is 22.4 Å². The van der Waals surface area contributed by atoms with Crippen LogP contribution in [0.15, 0.2) is 48.5 Å². The number of rotatable bonds is 10. The number of fused-ring (bicyclic) bond motifs is 1. The van der Waals surface area contributed by atoms with Crippen molar-refractivity contribution < 1.29 is 9.59 Å². The molecule has 1 aliphatic rings. The topological polar surface area (TPSA) is 61.4 Å². The molecule has 0 aromatic heterocycles. The van der Waals surface area contributed by atoms with E-state index in [1.807, 2.05) is 38.4 Å². The summed E-state index contributed by atoms with van der Waals surface area (Å²) in [6.45, 7) is 5.01. The Morgan fingerprint density at radius 3 is 2.55 bits per heavy atom. The zero-order valence-electron chi connectivity index (χ0n) is 19.2. The van der Waals surface area contributed by atoms with E-state index in [2.05, 4.69) is 53.6 Å². The van der Waals surface area contributed by atoms with Crippen LogP contribution in [0.2, 0.25) is 0 Å². The number of benzene rings is 2. The lowest BCUT2D eigenvalue weighted by atomic mass is 9.87. The summed E-state index contributed by atoms with van der Waals surface area (Å²) < 4.78 is 0. The summed E-state index contributed by atoms with van der Waals surface area (Å²) in [5.74, 6) is 0.928. The molecule has 2 amide bonds. The number of hydrogen-bond acceptors (Lipinski definition) is 3. The normalized spacial score (nSPS) is 15.0. The lowest BCUT2D eigenvalue weighted by Crippen LogP contribution is -2.42. The van der Waals surface area contributed by atoms with Gasteiger partial charge in [-0.2, -0.15) is 0 Å². The van der Waals surface area contributed by atoms with Crippen molar-refractivity contribution in [2.75, 3.05) is 26.0 Å². The zero-order chi connectivity index (χ0) is 22.4. The first-order chi connectivity index (χ1) is 14.8. The smallest absolute Gasteiger partial charge is 0.228 e. The van der Waals surface area contributed by atoms with Gasteiger partial charge in [-0.25, -0.2) is 0 Å². The van der Waals surface area contributed by atoms with E-state index >= 15 is 0 Å². The first kappa shape index (κ1) is 23.0. The molecule has 0 unspecified atom stereocenters. The van der Waals surface area contributed by atoms with Crippen LogP contribution < -0.4 is 10.6 Å². The second kappa shape index (κ2) is 10.6. The molecule has 0 fully saturated rings. The molecular formula is C26H35N3O2. The van der Waals surface area contributed by atoms with Gasteiger partial charge in [-0.3, -0.25) is 9.59 Å². The third-order valence-electron chi connectivity index (χ3n) is 5.99. The van der Waals surface area contributed by atoms with Crippen LogP contribution in [0.4, 0.5) is 5.69 Å². The average Bonchev–Trinajstić information content (AvgIpc) is 3.10. The SMILES string of the molecule is CC(C)C[C@@H](CC(=O)NC[C@H](Cc1ccc2c(c1)CC(=O)N2)N(C)C)c1ccccc1. The van der Waals surface area contributed by atoms with Crippen LogP contribution in [0.1, 0.15) is 49.3 Å². The summed E-state index contributed by atoms with van der Waals surface area (Å²) in [7, 11) is 4.08. The van der Waals surface area contributed by atoms with Gasteiger partial charge in [0.2, 0.25) is 11.8 Å². The van der Waals surface area contributed by atoms with Gasteiger partial charge >= 0.3 is 0 Å². The van der Waals surface area contributed by atoms with E-state index in [9.17, 15) is 9.59 Å². The third kappa shape index (κ3) is 6.66. The highest BCUT2D eigenvalue weighted by atomic mass is 16.2. The molecule has 2 atom stereocenters. The molecule has 1 heterocycles. The number of hydrogen-bond donors (Lipinski definition) is 2. The summed E-state index contributed by atoms with van der Waals surface area (Å²) in [4.78, 5) is 26.6. The van der Waals surface area contributed by atoms with Gasteiger partial charge in [-0.15, -0.1) is 0 Å². The van der Waals surface area contributed by atoms with Crippen LogP contribution in [0, 0.1) is 5.92 Å². The second-order valence-corrected chi connectivity index (χ2v) is 9.28. The van der Waals surface area contributed by atoms with Crippen molar-refractivity contribution in [3.8, 4) is 0 Å². The summed E-state index contributed by atoms with van der Waals surface area (Å²) in [6, 6.07) is 16.7. The summed E-state index contributed by atoms with van der Waals surface area (Å²) >= 11 is 0. The molecular weight excluding hydrogens is 386 g/mol. The van der Waals surface area contributed by atoms with Gasteiger partial charge in [0.05, 0.1) is 6.42 Å². The average molecular weight is 422 g/mol. The first-order valence-corrected chi connectivity index (χ1v) is 11.2. The highest BCUT2D eigenvalue weighted by molar-refractivity contribution is 5.99. The summed E-state index contributed by atoms with van der Waals surface area (Å²) in [5, 5.41) is 6.05.